The summed E-state index contributed by atoms with van der Waals surface area (Å²) in [6.45, 7) is 13.3. The van der Waals surface area contributed by atoms with E-state index in [2.05, 4.69) is 46.6 Å². The molecule has 0 rings (SSSR count). The molecule has 2 heteroatoms. The molecule has 2 atom stereocenters. The molecule has 15 heavy (non-hydrogen) atoms. The van der Waals surface area contributed by atoms with Crippen LogP contribution in [0.1, 0.15) is 41.0 Å². The van der Waals surface area contributed by atoms with Gasteiger partial charge in [0.05, 0.1) is 0 Å². The van der Waals surface area contributed by atoms with E-state index in [4.69, 9.17) is 5.73 Å². The minimum absolute atomic E-state index is 0.629. The smallest absolute Gasteiger partial charge is 0.00664 e. The van der Waals surface area contributed by atoms with Gasteiger partial charge in [-0.15, -0.1) is 0 Å². The van der Waals surface area contributed by atoms with Crippen LogP contribution in [0.5, 0.6) is 0 Å². The first kappa shape index (κ1) is 14.9. The topological polar surface area (TPSA) is 29.3 Å². The van der Waals surface area contributed by atoms with Crippen LogP contribution in [-0.4, -0.2) is 31.1 Å². The van der Waals surface area contributed by atoms with Gasteiger partial charge in [0.2, 0.25) is 0 Å². The maximum Gasteiger partial charge on any atom is 0.00664 e. The molecule has 0 aliphatic carbocycles. The number of rotatable bonds is 7. The van der Waals surface area contributed by atoms with E-state index in [1.54, 1.807) is 0 Å². The van der Waals surface area contributed by atoms with Crippen molar-refractivity contribution >= 4 is 0 Å². The van der Waals surface area contributed by atoms with Crippen LogP contribution in [0.3, 0.4) is 0 Å². The zero-order chi connectivity index (χ0) is 12.0. The largest absolute Gasteiger partial charge is 0.330 e. The molecule has 0 aromatic heterocycles. The Kier molecular flexibility index (Phi) is 7.20. The van der Waals surface area contributed by atoms with Crippen molar-refractivity contribution in [2.75, 3.05) is 20.1 Å². The molecule has 0 saturated carbocycles. The van der Waals surface area contributed by atoms with Crippen LogP contribution in [0.15, 0.2) is 0 Å². The van der Waals surface area contributed by atoms with Gasteiger partial charge in [-0.2, -0.15) is 0 Å². The molecule has 0 aromatic carbocycles. The van der Waals surface area contributed by atoms with Gasteiger partial charge in [0.1, 0.15) is 0 Å². The van der Waals surface area contributed by atoms with Gasteiger partial charge in [0.25, 0.3) is 0 Å². The highest BCUT2D eigenvalue weighted by atomic mass is 15.1. The van der Waals surface area contributed by atoms with Gasteiger partial charge in [-0.3, -0.25) is 0 Å². The second kappa shape index (κ2) is 7.24. The summed E-state index contributed by atoms with van der Waals surface area (Å²) in [6, 6.07) is 0.665. The molecular weight excluding hydrogens is 184 g/mol. The Morgan fingerprint density at radius 1 is 1.07 bits per heavy atom. The summed E-state index contributed by atoms with van der Waals surface area (Å²) in [5.41, 5.74) is 5.80. The van der Waals surface area contributed by atoms with Crippen molar-refractivity contribution in [2.45, 2.75) is 47.1 Å². The fraction of sp³-hybridized carbons (Fsp3) is 1.00. The molecule has 2 unspecified atom stereocenters. The van der Waals surface area contributed by atoms with Crippen LogP contribution in [0, 0.1) is 17.8 Å². The van der Waals surface area contributed by atoms with Crippen molar-refractivity contribution in [1.29, 1.82) is 0 Å². The molecular formula is C13H30N2. The predicted octanol–water partition coefficient (Wildman–Crippen LogP) is 2.58. The fourth-order valence-corrected chi connectivity index (χ4v) is 1.97. The Bertz CT molecular complexity index is 155. The highest BCUT2D eigenvalue weighted by Gasteiger charge is 2.17. The third kappa shape index (κ3) is 6.16. The molecule has 2 N–H and O–H groups in total. The molecule has 2 nitrogen and oxygen atoms in total. The van der Waals surface area contributed by atoms with E-state index in [1.165, 1.54) is 6.42 Å². The van der Waals surface area contributed by atoms with E-state index in [0.29, 0.717) is 17.9 Å². The minimum Gasteiger partial charge on any atom is -0.330 e. The lowest BCUT2D eigenvalue weighted by Gasteiger charge is -2.31. The average molecular weight is 214 g/mol. The number of nitrogens with two attached hydrogens (primary N) is 1. The lowest BCUT2D eigenvalue weighted by molar-refractivity contribution is 0.177. The number of nitrogens with zero attached hydrogens (tertiary/aromatic N) is 1. The van der Waals surface area contributed by atoms with Crippen molar-refractivity contribution in [1.82, 2.24) is 4.90 Å². The minimum atomic E-state index is 0.629. The normalized spacial score (nSPS) is 16.4. The zero-order valence-corrected chi connectivity index (χ0v) is 11.5. The van der Waals surface area contributed by atoms with Crippen LogP contribution in [-0.2, 0) is 0 Å². The molecule has 0 spiro atoms. The molecule has 0 amide bonds. The van der Waals surface area contributed by atoms with Gasteiger partial charge in [0.15, 0.2) is 0 Å². The molecule has 0 bridgehead atoms. The molecule has 0 radical (unpaired) electrons. The molecule has 0 fully saturated rings. The summed E-state index contributed by atoms with van der Waals surface area (Å²) in [7, 11) is 2.22. The molecule has 0 saturated heterocycles. The van der Waals surface area contributed by atoms with Crippen LogP contribution >= 0.6 is 0 Å². The van der Waals surface area contributed by atoms with Gasteiger partial charge in [-0.1, -0.05) is 27.7 Å². The van der Waals surface area contributed by atoms with E-state index < -0.39 is 0 Å². The molecule has 0 heterocycles. The fourth-order valence-electron chi connectivity index (χ4n) is 1.97. The van der Waals surface area contributed by atoms with Gasteiger partial charge < -0.3 is 10.6 Å². The lowest BCUT2D eigenvalue weighted by atomic mass is 9.94. The molecule has 0 aliphatic rings. The Morgan fingerprint density at radius 3 is 1.93 bits per heavy atom. The van der Waals surface area contributed by atoms with Gasteiger partial charge in [-0.05, 0) is 44.7 Å². The van der Waals surface area contributed by atoms with E-state index >= 15 is 0 Å². The summed E-state index contributed by atoms with van der Waals surface area (Å²) in [5, 5.41) is 0. The standard InChI is InChI=1S/C13H30N2/c1-10(2)7-12(5)15(6)9-13(8-14)11(3)4/h10-13H,7-9,14H2,1-6H3. The quantitative estimate of drug-likeness (QED) is 0.706. The third-order valence-corrected chi connectivity index (χ3v) is 3.33. The second-order valence-corrected chi connectivity index (χ2v) is 5.66. The van der Waals surface area contributed by atoms with Crippen LogP contribution in [0.25, 0.3) is 0 Å². The summed E-state index contributed by atoms with van der Waals surface area (Å²) in [5.74, 6) is 2.09. The Hall–Kier alpha value is -0.0800. The Morgan fingerprint density at radius 2 is 1.60 bits per heavy atom. The van der Waals surface area contributed by atoms with E-state index in [1.807, 2.05) is 0 Å². The SMILES string of the molecule is CC(C)CC(C)N(C)CC(CN)C(C)C. The first-order chi connectivity index (χ1) is 6.88. The predicted molar refractivity (Wildman–Crippen MR) is 68.9 cm³/mol. The van der Waals surface area contributed by atoms with Crippen LogP contribution in [0.2, 0.25) is 0 Å². The van der Waals surface area contributed by atoms with Crippen molar-refractivity contribution in [3.8, 4) is 0 Å². The number of hydrogen-bond donors (Lipinski definition) is 1. The summed E-state index contributed by atoms with van der Waals surface area (Å²) in [6.07, 6.45) is 1.27. The summed E-state index contributed by atoms with van der Waals surface area (Å²) >= 11 is 0. The Balaban J connectivity index is 4.03. The monoisotopic (exact) mass is 214 g/mol. The van der Waals surface area contributed by atoms with E-state index in [9.17, 15) is 0 Å². The molecule has 0 aliphatic heterocycles. The summed E-state index contributed by atoms with van der Waals surface area (Å²) in [4.78, 5) is 2.46. The zero-order valence-electron chi connectivity index (χ0n) is 11.5. The van der Waals surface area contributed by atoms with Crippen LogP contribution < -0.4 is 5.73 Å². The third-order valence-electron chi connectivity index (χ3n) is 3.33. The Labute approximate surface area is 96.2 Å². The van der Waals surface area contributed by atoms with Gasteiger partial charge in [-0.25, -0.2) is 0 Å². The first-order valence-corrected chi connectivity index (χ1v) is 6.28. The van der Waals surface area contributed by atoms with Crippen molar-refractivity contribution < 1.29 is 0 Å². The first-order valence-electron chi connectivity index (χ1n) is 6.28. The maximum atomic E-state index is 5.80. The molecule has 92 valence electrons. The average Bonchev–Trinajstić information content (AvgIpc) is 2.11. The molecule has 0 aromatic rings. The maximum absolute atomic E-state index is 5.80. The van der Waals surface area contributed by atoms with Crippen LogP contribution in [0.4, 0.5) is 0 Å². The lowest BCUT2D eigenvalue weighted by Crippen LogP contribution is -2.38. The highest BCUT2D eigenvalue weighted by Crippen LogP contribution is 2.15. The highest BCUT2D eigenvalue weighted by molar-refractivity contribution is 4.72. The van der Waals surface area contributed by atoms with E-state index in [0.717, 1.165) is 19.0 Å². The van der Waals surface area contributed by atoms with E-state index in [-0.39, 0.29) is 0 Å². The van der Waals surface area contributed by atoms with Crippen molar-refractivity contribution in [3.05, 3.63) is 0 Å². The number of hydrogen-bond acceptors (Lipinski definition) is 2. The van der Waals surface area contributed by atoms with Gasteiger partial charge in [0, 0.05) is 12.6 Å². The van der Waals surface area contributed by atoms with Crippen molar-refractivity contribution in [3.63, 3.8) is 0 Å². The summed E-state index contributed by atoms with van der Waals surface area (Å²) < 4.78 is 0. The second-order valence-electron chi connectivity index (χ2n) is 5.66. The van der Waals surface area contributed by atoms with Crippen molar-refractivity contribution in [2.24, 2.45) is 23.5 Å². The van der Waals surface area contributed by atoms with Gasteiger partial charge >= 0.3 is 0 Å².